The Bertz CT molecular complexity index is 1280. The highest BCUT2D eigenvalue weighted by Gasteiger charge is 2.36. The summed E-state index contributed by atoms with van der Waals surface area (Å²) in [5.74, 6) is -0.0758. The number of hydrogen-bond acceptors (Lipinski definition) is 4. The smallest absolute Gasteiger partial charge is 0.256 e. The van der Waals surface area contributed by atoms with Crippen LogP contribution in [-0.2, 0) is 22.4 Å². The van der Waals surface area contributed by atoms with Gasteiger partial charge in [0.1, 0.15) is 0 Å². The molecule has 2 aliphatic heterocycles. The molecule has 5 rings (SSSR count). The molecule has 1 fully saturated rings. The summed E-state index contributed by atoms with van der Waals surface area (Å²) < 4.78 is 11.0. The summed E-state index contributed by atoms with van der Waals surface area (Å²) in [6.45, 7) is 3.62. The highest BCUT2D eigenvalue weighted by molar-refractivity contribution is 6.37. The van der Waals surface area contributed by atoms with Crippen LogP contribution in [0.3, 0.4) is 0 Å². The van der Waals surface area contributed by atoms with Gasteiger partial charge in [-0.2, -0.15) is 0 Å². The molecular formula is C23H23Cl2N3O4. The highest BCUT2D eigenvalue weighted by Crippen LogP contribution is 2.42. The summed E-state index contributed by atoms with van der Waals surface area (Å²) in [7, 11) is 1.62. The van der Waals surface area contributed by atoms with Gasteiger partial charge in [-0.05, 0) is 31.0 Å². The van der Waals surface area contributed by atoms with E-state index < -0.39 is 0 Å². The molecular weight excluding hydrogens is 453 g/mol. The summed E-state index contributed by atoms with van der Waals surface area (Å²) in [5, 5.41) is 1.80. The lowest BCUT2D eigenvalue weighted by Gasteiger charge is -2.35. The van der Waals surface area contributed by atoms with Gasteiger partial charge in [0.05, 0.1) is 47.5 Å². The monoisotopic (exact) mass is 475 g/mol. The lowest BCUT2D eigenvalue weighted by molar-refractivity contribution is -0.105. The molecule has 168 valence electrons. The maximum absolute atomic E-state index is 13.6. The number of aromatic amines is 2. The van der Waals surface area contributed by atoms with E-state index in [0.717, 1.165) is 22.2 Å². The minimum Gasteiger partial charge on any atom is -0.380 e. The molecule has 3 aromatic rings. The molecule has 2 N–H and O–H groups in total. The first-order chi connectivity index (χ1) is 15.4. The zero-order chi connectivity index (χ0) is 22.6. The predicted octanol–water partition coefficient (Wildman–Crippen LogP) is 4.00. The average Bonchev–Trinajstić information content (AvgIpc) is 3.22. The largest absolute Gasteiger partial charge is 0.380 e. The van der Waals surface area contributed by atoms with Crippen LogP contribution in [0.15, 0.2) is 23.1 Å². The Hall–Kier alpha value is -2.32. The van der Waals surface area contributed by atoms with E-state index in [1.165, 1.54) is 0 Å². The third-order valence-corrected chi connectivity index (χ3v) is 7.25. The van der Waals surface area contributed by atoms with Gasteiger partial charge in [-0.15, -0.1) is 0 Å². The van der Waals surface area contributed by atoms with Crippen molar-refractivity contribution in [3.8, 4) is 0 Å². The maximum atomic E-state index is 13.6. The number of aryl methyl sites for hydroxylation is 1. The normalized spacial score (nSPS) is 17.5. The number of aromatic nitrogens is 2. The fraction of sp³-hybridized carbons (Fsp3) is 0.391. The van der Waals surface area contributed by atoms with E-state index in [-0.39, 0.29) is 30.0 Å². The SMILES string of the molecule is COC(c1cc(Cl)c2c(c1Cl)C(=O)N(Cc1c(=O)[nH]c(C)c3cc[nH]c13)CC2)C1COC1. The van der Waals surface area contributed by atoms with Crippen LogP contribution in [0.1, 0.15) is 38.8 Å². The minimum absolute atomic E-state index is 0.161. The van der Waals surface area contributed by atoms with Crippen LogP contribution in [0.5, 0.6) is 0 Å². The van der Waals surface area contributed by atoms with Crippen LogP contribution in [0.25, 0.3) is 10.9 Å². The maximum Gasteiger partial charge on any atom is 0.256 e. The van der Waals surface area contributed by atoms with Crippen molar-refractivity contribution >= 4 is 40.0 Å². The summed E-state index contributed by atoms with van der Waals surface area (Å²) in [4.78, 5) is 33.9. The van der Waals surface area contributed by atoms with Crippen molar-refractivity contribution in [2.75, 3.05) is 26.9 Å². The third kappa shape index (κ3) is 3.35. The second-order valence-corrected chi connectivity index (χ2v) is 9.15. The number of nitrogens with one attached hydrogen (secondary N) is 2. The minimum atomic E-state index is -0.305. The molecule has 9 heteroatoms. The molecule has 0 radical (unpaired) electrons. The number of ether oxygens (including phenoxy) is 2. The molecule has 7 nitrogen and oxygen atoms in total. The van der Waals surface area contributed by atoms with E-state index >= 15 is 0 Å². The molecule has 4 heterocycles. The van der Waals surface area contributed by atoms with Gasteiger partial charge in [0.25, 0.3) is 11.5 Å². The third-order valence-electron chi connectivity index (χ3n) is 6.51. The summed E-state index contributed by atoms with van der Waals surface area (Å²) in [6.07, 6.45) is 2.04. The van der Waals surface area contributed by atoms with E-state index in [4.69, 9.17) is 32.7 Å². The van der Waals surface area contributed by atoms with Crippen LogP contribution in [0, 0.1) is 12.8 Å². The van der Waals surface area contributed by atoms with Gasteiger partial charge < -0.3 is 24.3 Å². The van der Waals surface area contributed by atoms with Crippen LogP contribution in [0.4, 0.5) is 0 Å². The van der Waals surface area contributed by atoms with E-state index in [0.29, 0.717) is 52.9 Å². The van der Waals surface area contributed by atoms with Crippen molar-refractivity contribution < 1.29 is 14.3 Å². The van der Waals surface area contributed by atoms with Gasteiger partial charge in [0.15, 0.2) is 0 Å². The first-order valence-electron chi connectivity index (χ1n) is 10.5. The van der Waals surface area contributed by atoms with Crippen molar-refractivity contribution in [3.05, 3.63) is 66.7 Å². The Kier molecular flexibility index (Phi) is 5.53. The molecule has 1 amide bonds. The molecule has 1 saturated heterocycles. The number of methoxy groups -OCH3 is 1. The molecule has 0 spiro atoms. The Morgan fingerprint density at radius 2 is 2.09 bits per heavy atom. The molecule has 2 aromatic heterocycles. The Labute approximate surface area is 194 Å². The number of H-pyrrole nitrogens is 2. The molecule has 0 saturated carbocycles. The number of amides is 1. The van der Waals surface area contributed by atoms with Crippen molar-refractivity contribution in [3.63, 3.8) is 0 Å². The quantitative estimate of drug-likeness (QED) is 0.583. The van der Waals surface area contributed by atoms with Crippen LogP contribution in [0.2, 0.25) is 10.0 Å². The van der Waals surface area contributed by atoms with Crippen LogP contribution in [-0.4, -0.2) is 47.6 Å². The first-order valence-corrected chi connectivity index (χ1v) is 11.3. The van der Waals surface area contributed by atoms with Crippen molar-refractivity contribution in [1.29, 1.82) is 0 Å². The zero-order valence-corrected chi connectivity index (χ0v) is 19.3. The van der Waals surface area contributed by atoms with Gasteiger partial charge in [0.2, 0.25) is 0 Å². The molecule has 1 unspecified atom stereocenters. The summed E-state index contributed by atoms with van der Waals surface area (Å²) >= 11 is 13.4. The second kappa shape index (κ2) is 8.23. The molecule has 1 aromatic carbocycles. The van der Waals surface area contributed by atoms with Gasteiger partial charge in [-0.3, -0.25) is 9.59 Å². The number of fused-ring (bicyclic) bond motifs is 2. The number of rotatable bonds is 5. The van der Waals surface area contributed by atoms with E-state index in [1.54, 1.807) is 18.2 Å². The molecule has 32 heavy (non-hydrogen) atoms. The van der Waals surface area contributed by atoms with Gasteiger partial charge in [-0.1, -0.05) is 23.2 Å². The number of hydrogen-bond donors (Lipinski definition) is 2. The Morgan fingerprint density at radius 3 is 2.78 bits per heavy atom. The van der Waals surface area contributed by atoms with E-state index in [1.807, 2.05) is 19.1 Å². The van der Waals surface area contributed by atoms with Crippen molar-refractivity contribution in [2.45, 2.75) is 26.0 Å². The number of nitrogens with zero attached hydrogens (tertiary/aromatic N) is 1. The van der Waals surface area contributed by atoms with E-state index in [9.17, 15) is 9.59 Å². The first kappa shape index (κ1) is 21.5. The van der Waals surface area contributed by atoms with Gasteiger partial charge in [0, 0.05) is 47.4 Å². The predicted molar refractivity (Wildman–Crippen MR) is 123 cm³/mol. The van der Waals surface area contributed by atoms with E-state index in [2.05, 4.69) is 9.97 Å². The van der Waals surface area contributed by atoms with Gasteiger partial charge >= 0.3 is 0 Å². The number of halogens is 2. The van der Waals surface area contributed by atoms with Crippen LogP contribution >= 0.6 is 23.2 Å². The second-order valence-electron chi connectivity index (χ2n) is 8.37. The topological polar surface area (TPSA) is 87.4 Å². The number of benzene rings is 1. The Balaban J connectivity index is 1.54. The number of pyridine rings is 1. The van der Waals surface area contributed by atoms with Gasteiger partial charge in [-0.25, -0.2) is 0 Å². The Morgan fingerprint density at radius 1 is 1.31 bits per heavy atom. The highest BCUT2D eigenvalue weighted by atomic mass is 35.5. The standard InChI is InChI=1S/C23H23Cl2N3O4/c1-11-13-3-5-26-20(13)16(22(29)27-11)8-28-6-4-14-17(24)7-15(19(25)18(14)23(28)30)21(31-2)12-9-32-10-12/h3,5,7,12,21,26H,4,6,8-10H2,1-2H3,(H,27,29). The fourth-order valence-corrected chi connectivity index (χ4v) is 5.38. The summed E-state index contributed by atoms with van der Waals surface area (Å²) in [5.41, 5.74) is 3.67. The lowest BCUT2D eigenvalue weighted by Crippen LogP contribution is -2.39. The van der Waals surface area contributed by atoms with Crippen molar-refractivity contribution in [2.24, 2.45) is 5.92 Å². The van der Waals surface area contributed by atoms with Crippen molar-refractivity contribution in [1.82, 2.24) is 14.9 Å². The zero-order valence-electron chi connectivity index (χ0n) is 17.8. The molecule has 0 aliphatic carbocycles. The molecule has 1 atom stereocenters. The fourth-order valence-electron chi connectivity index (χ4n) is 4.72. The number of carbonyl (C=O) groups excluding carboxylic acids is 1. The molecule has 0 bridgehead atoms. The lowest BCUT2D eigenvalue weighted by atomic mass is 9.89. The molecule has 2 aliphatic rings. The average molecular weight is 476 g/mol. The summed E-state index contributed by atoms with van der Waals surface area (Å²) in [6, 6.07) is 3.72. The number of carbonyl (C=O) groups is 1. The van der Waals surface area contributed by atoms with Crippen LogP contribution < -0.4 is 5.56 Å².